The van der Waals surface area contributed by atoms with E-state index in [9.17, 15) is 0 Å². The Labute approximate surface area is 144 Å². The number of pyridine rings is 1. The summed E-state index contributed by atoms with van der Waals surface area (Å²) in [4.78, 5) is 4.54. The molecule has 0 aliphatic heterocycles. The fourth-order valence-corrected chi connectivity index (χ4v) is 2.74. The van der Waals surface area contributed by atoms with Gasteiger partial charge in [0.15, 0.2) is 0 Å². The second-order valence-electron chi connectivity index (χ2n) is 5.50. The maximum absolute atomic E-state index is 5.88. The summed E-state index contributed by atoms with van der Waals surface area (Å²) in [7, 11) is 1.68. The van der Waals surface area contributed by atoms with Crippen LogP contribution in [0.2, 0.25) is 0 Å². The smallest absolute Gasteiger partial charge is 0.123 e. The molecule has 1 aromatic heterocycles. The van der Waals surface area contributed by atoms with Gasteiger partial charge in [-0.15, -0.1) is 0 Å². The Bertz CT molecular complexity index is 754. The average Bonchev–Trinajstić information content (AvgIpc) is 2.61. The number of nitrogen functional groups attached to an aromatic ring is 1. The number of benzene rings is 2. The van der Waals surface area contributed by atoms with Crippen LogP contribution < -0.4 is 10.5 Å². The predicted octanol–water partition coefficient (Wildman–Crippen LogP) is 4.68. The number of aromatic nitrogens is 1. The maximum atomic E-state index is 5.88. The van der Waals surface area contributed by atoms with Crippen LogP contribution in [0.4, 0.5) is 5.82 Å². The molecule has 0 amide bonds. The van der Waals surface area contributed by atoms with Crippen molar-refractivity contribution in [1.82, 2.24) is 4.98 Å². The quantitative estimate of drug-likeness (QED) is 0.742. The molecule has 1 atom stereocenters. The van der Waals surface area contributed by atoms with Gasteiger partial charge in [-0.05, 0) is 41.8 Å². The number of hydrogen-bond acceptors (Lipinski definition) is 3. The monoisotopic (exact) mass is 320 g/mol. The first-order chi connectivity index (χ1) is 11.3. The van der Waals surface area contributed by atoms with Crippen LogP contribution in [0, 0.1) is 0 Å². The number of anilines is 1. The standard InChI is InChI=1S/C20H20N2O.CH4/c1-23-17-12-10-16(11-13-17)18(14-15-6-3-2-4-7-15)19-8-5-9-20(21)22-19;/h2-13,18H,14H2,1H3,(H2,21,22);1H4. The van der Waals surface area contributed by atoms with Gasteiger partial charge in [0.25, 0.3) is 0 Å². The van der Waals surface area contributed by atoms with Crippen molar-refractivity contribution in [3.05, 3.63) is 89.6 Å². The van der Waals surface area contributed by atoms with Crippen LogP contribution in [0.15, 0.2) is 72.8 Å². The van der Waals surface area contributed by atoms with E-state index in [2.05, 4.69) is 41.4 Å². The summed E-state index contributed by atoms with van der Waals surface area (Å²) < 4.78 is 5.26. The number of methoxy groups -OCH3 is 1. The molecule has 0 bridgehead atoms. The third-order valence-corrected chi connectivity index (χ3v) is 3.95. The van der Waals surface area contributed by atoms with Crippen molar-refractivity contribution in [2.75, 3.05) is 12.8 Å². The van der Waals surface area contributed by atoms with Crippen molar-refractivity contribution < 1.29 is 4.74 Å². The Morgan fingerprint density at radius 3 is 2.25 bits per heavy atom. The minimum atomic E-state index is 0. The summed E-state index contributed by atoms with van der Waals surface area (Å²) in [5.41, 5.74) is 9.34. The van der Waals surface area contributed by atoms with Crippen molar-refractivity contribution in [3.8, 4) is 5.75 Å². The van der Waals surface area contributed by atoms with Crippen molar-refractivity contribution >= 4 is 5.82 Å². The highest BCUT2D eigenvalue weighted by Crippen LogP contribution is 2.29. The van der Waals surface area contributed by atoms with E-state index in [0.29, 0.717) is 5.82 Å². The van der Waals surface area contributed by atoms with Crippen LogP contribution in [0.25, 0.3) is 0 Å². The van der Waals surface area contributed by atoms with Crippen LogP contribution in [0.3, 0.4) is 0 Å². The molecule has 1 heterocycles. The SMILES string of the molecule is C.COc1ccc(C(Cc2ccccc2)c2cccc(N)n2)cc1. The largest absolute Gasteiger partial charge is 0.497 e. The lowest BCUT2D eigenvalue weighted by Crippen LogP contribution is -2.08. The van der Waals surface area contributed by atoms with E-state index >= 15 is 0 Å². The first kappa shape index (κ1) is 17.5. The molecule has 0 radical (unpaired) electrons. The summed E-state index contributed by atoms with van der Waals surface area (Å²) in [5, 5.41) is 0. The van der Waals surface area contributed by atoms with Gasteiger partial charge >= 0.3 is 0 Å². The van der Waals surface area contributed by atoms with Gasteiger partial charge < -0.3 is 10.5 Å². The molecule has 1 unspecified atom stereocenters. The summed E-state index contributed by atoms with van der Waals surface area (Å²) in [6, 6.07) is 24.4. The fourth-order valence-electron chi connectivity index (χ4n) is 2.74. The Hall–Kier alpha value is -2.81. The molecule has 3 heteroatoms. The number of rotatable bonds is 5. The molecule has 2 N–H and O–H groups in total. The molecule has 0 saturated carbocycles. The fraction of sp³-hybridized carbons (Fsp3) is 0.190. The molecular formula is C21H24N2O. The summed E-state index contributed by atoms with van der Waals surface area (Å²) in [5.74, 6) is 1.56. The number of ether oxygens (including phenoxy) is 1. The van der Waals surface area contributed by atoms with Gasteiger partial charge in [-0.1, -0.05) is 56.0 Å². The summed E-state index contributed by atoms with van der Waals surface area (Å²) in [6.07, 6.45) is 0.879. The van der Waals surface area contributed by atoms with Gasteiger partial charge in [0.1, 0.15) is 11.6 Å². The van der Waals surface area contributed by atoms with Gasteiger partial charge in [-0.2, -0.15) is 0 Å². The van der Waals surface area contributed by atoms with E-state index in [0.717, 1.165) is 17.9 Å². The molecule has 3 rings (SSSR count). The van der Waals surface area contributed by atoms with E-state index in [1.54, 1.807) is 7.11 Å². The minimum Gasteiger partial charge on any atom is -0.497 e. The highest BCUT2D eigenvalue weighted by Gasteiger charge is 2.17. The molecule has 124 valence electrons. The summed E-state index contributed by atoms with van der Waals surface area (Å²) >= 11 is 0. The molecule has 3 aromatic rings. The molecule has 0 spiro atoms. The first-order valence-electron chi connectivity index (χ1n) is 7.66. The van der Waals surface area contributed by atoms with E-state index in [-0.39, 0.29) is 13.3 Å². The number of hydrogen-bond donors (Lipinski definition) is 1. The molecule has 0 aliphatic rings. The Morgan fingerprint density at radius 1 is 0.917 bits per heavy atom. The van der Waals surface area contributed by atoms with E-state index in [4.69, 9.17) is 10.5 Å². The van der Waals surface area contributed by atoms with E-state index in [1.165, 1.54) is 11.1 Å². The Balaban J connectivity index is 0.00000208. The lowest BCUT2D eigenvalue weighted by molar-refractivity contribution is 0.414. The van der Waals surface area contributed by atoms with Crippen LogP contribution in [-0.2, 0) is 6.42 Å². The predicted molar refractivity (Wildman–Crippen MR) is 100 cm³/mol. The lowest BCUT2D eigenvalue weighted by Gasteiger charge is -2.18. The lowest BCUT2D eigenvalue weighted by atomic mass is 9.89. The van der Waals surface area contributed by atoms with E-state index in [1.807, 2.05) is 36.4 Å². The van der Waals surface area contributed by atoms with Gasteiger partial charge in [-0.3, -0.25) is 0 Å². The molecule has 24 heavy (non-hydrogen) atoms. The zero-order chi connectivity index (χ0) is 16.1. The van der Waals surface area contributed by atoms with Gasteiger partial charge in [0, 0.05) is 5.92 Å². The topological polar surface area (TPSA) is 48.1 Å². The Kier molecular flexibility index (Phi) is 5.96. The highest BCUT2D eigenvalue weighted by molar-refractivity contribution is 5.38. The number of nitrogens with two attached hydrogens (primary N) is 1. The molecule has 3 nitrogen and oxygen atoms in total. The highest BCUT2D eigenvalue weighted by atomic mass is 16.5. The zero-order valence-corrected chi connectivity index (χ0v) is 13.1. The number of nitrogens with zero attached hydrogens (tertiary/aromatic N) is 1. The molecule has 0 aliphatic carbocycles. The van der Waals surface area contributed by atoms with Gasteiger partial charge in [0.05, 0.1) is 12.8 Å². The van der Waals surface area contributed by atoms with Gasteiger partial charge in [0.2, 0.25) is 0 Å². The third kappa shape index (κ3) is 4.13. The third-order valence-electron chi connectivity index (χ3n) is 3.95. The normalized spacial score (nSPS) is 11.4. The van der Waals surface area contributed by atoms with E-state index < -0.39 is 0 Å². The second kappa shape index (κ2) is 8.16. The summed E-state index contributed by atoms with van der Waals surface area (Å²) in [6.45, 7) is 0. The second-order valence-corrected chi connectivity index (χ2v) is 5.50. The first-order valence-corrected chi connectivity index (χ1v) is 7.66. The molecule has 0 fully saturated rings. The van der Waals surface area contributed by atoms with Crippen molar-refractivity contribution in [2.45, 2.75) is 19.8 Å². The maximum Gasteiger partial charge on any atom is 0.123 e. The zero-order valence-electron chi connectivity index (χ0n) is 13.1. The molecular weight excluding hydrogens is 296 g/mol. The van der Waals surface area contributed by atoms with Crippen molar-refractivity contribution in [1.29, 1.82) is 0 Å². The molecule has 2 aromatic carbocycles. The van der Waals surface area contributed by atoms with Crippen LogP contribution >= 0.6 is 0 Å². The van der Waals surface area contributed by atoms with Crippen LogP contribution in [0.5, 0.6) is 5.75 Å². The average molecular weight is 320 g/mol. The van der Waals surface area contributed by atoms with Crippen molar-refractivity contribution in [3.63, 3.8) is 0 Å². The minimum absolute atomic E-state index is 0. The van der Waals surface area contributed by atoms with Crippen molar-refractivity contribution in [2.24, 2.45) is 0 Å². The molecule has 0 saturated heterocycles. The van der Waals surface area contributed by atoms with Crippen LogP contribution in [-0.4, -0.2) is 12.1 Å². The Morgan fingerprint density at radius 2 is 1.62 bits per heavy atom. The van der Waals surface area contributed by atoms with Gasteiger partial charge in [-0.25, -0.2) is 4.98 Å². The van der Waals surface area contributed by atoms with Crippen LogP contribution in [0.1, 0.15) is 30.2 Å².